The van der Waals surface area contributed by atoms with Gasteiger partial charge >= 0.3 is 0 Å². The van der Waals surface area contributed by atoms with Crippen molar-refractivity contribution in [1.82, 2.24) is 0 Å². The molecule has 0 unspecified atom stereocenters. The highest BCUT2D eigenvalue weighted by atomic mass is 19.2. The number of ketones is 1. The van der Waals surface area contributed by atoms with Crippen molar-refractivity contribution in [3.05, 3.63) is 35.1 Å². The molecule has 0 saturated carbocycles. The second-order valence-electron chi connectivity index (χ2n) is 3.60. The quantitative estimate of drug-likeness (QED) is 0.569. The van der Waals surface area contributed by atoms with Crippen LogP contribution in [0.15, 0.2) is 12.1 Å². The summed E-state index contributed by atoms with van der Waals surface area (Å²) in [4.78, 5) is 11.8. The van der Waals surface area contributed by atoms with Crippen molar-refractivity contribution in [2.45, 2.75) is 26.7 Å². The monoisotopic (exact) mass is 230 g/mol. The molecule has 88 valence electrons. The van der Waals surface area contributed by atoms with Gasteiger partial charge in [-0.15, -0.1) is 0 Å². The van der Waals surface area contributed by atoms with Crippen LogP contribution in [0.1, 0.15) is 37.0 Å². The normalized spacial score (nSPS) is 10.9. The zero-order valence-electron chi connectivity index (χ0n) is 9.19. The summed E-state index contributed by atoms with van der Waals surface area (Å²) in [5, 5.41) is 0. The van der Waals surface area contributed by atoms with E-state index in [2.05, 4.69) is 0 Å². The minimum atomic E-state index is -1.59. The van der Waals surface area contributed by atoms with Crippen LogP contribution in [0.25, 0.3) is 0 Å². The molecule has 0 N–H and O–H groups in total. The third kappa shape index (κ3) is 2.26. The molecular formula is C12H13F3O. The first-order valence-electron chi connectivity index (χ1n) is 5.20. The molecular weight excluding hydrogens is 217 g/mol. The molecule has 0 heterocycles. The number of carbonyl (C=O) groups excluding carboxylic acids is 1. The number of carbonyl (C=O) groups is 1. The Kier molecular flexibility index (Phi) is 4.10. The SMILES string of the molecule is CCC(CC)C(=O)c1ccc(F)c(F)c1F. The Morgan fingerprint density at radius 1 is 1.12 bits per heavy atom. The van der Waals surface area contributed by atoms with Gasteiger partial charge in [-0.2, -0.15) is 0 Å². The van der Waals surface area contributed by atoms with Crippen LogP contribution < -0.4 is 0 Å². The topological polar surface area (TPSA) is 17.1 Å². The van der Waals surface area contributed by atoms with Crippen molar-refractivity contribution in [2.24, 2.45) is 5.92 Å². The summed E-state index contributed by atoms with van der Waals surface area (Å²) in [5.74, 6) is -5.08. The highest BCUT2D eigenvalue weighted by Crippen LogP contribution is 2.21. The number of hydrogen-bond donors (Lipinski definition) is 0. The van der Waals surface area contributed by atoms with E-state index < -0.39 is 23.2 Å². The molecule has 0 radical (unpaired) electrons. The van der Waals surface area contributed by atoms with Crippen LogP contribution >= 0.6 is 0 Å². The largest absolute Gasteiger partial charge is 0.294 e. The number of halogens is 3. The minimum absolute atomic E-state index is 0.348. The first-order valence-corrected chi connectivity index (χ1v) is 5.20. The van der Waals surface area contributed by atoms with Crippen molar-refractivity contribution in [1.29, 1.82) is 0 Å². The van der Waals surface area contributed by atoms with Gasteiger partial charge in [-0.05, 0) is 25.0 Å². The first-order chi connectivity index (χ1) is 7.52. The molecule has 0 atom stereocenters. The summed E-state index contributed by atoms with van der Waals surface area (Å²) in [7, 11) is 0. The van der Waals surface area contributed by atoms with Crippen LogP contribution in [0.2, 0.25) is 0 Å². The maximum atomic E-state index is 13.3. The van der Waals surface area contributed by atoms with Gasteiger partial charge in [0, 0.05) is 5.92 Å². The highest BCUT2D eigenvalue weighted by molar-refractivity contribution is 5.98. The Morgan fingerprint density at radius 2 is 1.69 bits per heavy atom. The van der Waals surface area contributed by atoms with E-state index in [0.29, 0.717) is 12.8 Å². The minimum Gasteiger partial charge on any atom is -0.294 e. The summed E-state index contributed by atoms with van der Waals surface area (Å²) in [5.41, 5.74) is -0.368. The highest BCUT2D eigenvalue weighted by Gasteiger charge is 2.23. The molecule has 0 bridgehead atoms. The van der Waals surface area contributed by atoms with E-state index in [1.165, 1.54) is 0 Å². The summed E-state index contributed by atoms with van der Waals surface area (Å²) in [6, 6.07) is 1.77. The van der Waals surface area contributed by atoms with E-state index >= 15 is 0 Å². The van der Waals surface area contributed by atoms with Crippen LogP contribution in [0.4, 0.5) is 13.2 Å². The predicted octanol–water partition coefficient (Wildman–Crippen LogP) is 3.72. The summed E-state index contributed by atoms with van der Waals surface area (Å²) in [6.07, 6.45) is 1.10. The molecule has 0 spiro atoms. The van der Waals surface area contributed by atoms with Crippen LogP contribution in [-0.2, 0) is 0 Å². The number of hydrogen-bond acceptors (Lipinski definition) is 1. The smallest absolute Gasteiger partial charge is 0.195 e. The lowest BCUT2D eigenvalue weighted by Gasteiger charge is -2.11. The lowest BCUT2D eigenvalue weighted by Crippen LogP contribution is -2.15. The lowest BCUT2D eigenvalue weighted by atomic mass is 9.92. The molecule has 0 aliphatic rings. The Bertz CT molecular complexity index is 397. The van der Waals surface area contributed by atoms with Crippen molar-refractivity contribution >= 4 is 5.78 Å². The molecule has 1 rings (SSSR count). The second-order valence-corrected chi connectivity index (χ2v) is 3.60. The van der Waals surface area contributed by atoms with Crippen LogP contribution in [0.5, 0.6) is 0 Å². The number of rotatable bonds is 4. The van der Waals surface area contributed by atoms with E-state index in [-0.39, 0.29) is 11.5 Å². The van der Waals surface area contributed by atoms with Crippen molar-refractivity contribution < 1.29 is 18.0 Å². The molecule has 4 heteroatoms. The lowest BCUT2D eigenvalue weighted by molar-refractivity contribution is 0.0908. The molecule has 1 aromatic rings. The fraction of sp³-hybridized carbons (Fsp3) is 0.417. The number of benzene rings is 1. The molecule has 0 amide bonds. The fourth-order valence-electron chi connectivity index (χ4n) is 1.60. The van der Waals surface area contributed by atoms with Gasteiger partial charge in [0.2, 0.25) is 0 Å². The molecule has 0 aromatic heterocycles. The Balaban J connectivity index is 3.14. The zero-order chi connectivity index (χ0) is 12.3. The molecule has 1 aromatic carbocycles. The second kappa shape index (κ2) is 5.14. The van der Waals surface area contributed by atoms with Crippen molar-refractivity contribution in [3.63, 3.8) is 0 Å². The van der Waals surface area contributed by atoms with E-state index in [1.807, 2.05) is 0 Å². The third-order valence-electron chi connectivity index (χ3n) is 2.66. The summed E-state index contributed by atoms with van der Waals surface area (Å²) >= 11 is 0. The van der Waals surface area contributed by atoms with Crippen molar-refractivity contribution in [3.8, 4) is 0 Å². The fourth-order valence-corrected chi connectivity index (χ4v) is 1.60. The Morgan fingerprint density at radius 3 is 2.19 bits per heavy atom. The van der Waals surface area contributed by atoms with E-state index in [4.69, 9.17) is 0 Å². The standard InChI is InChI=1S/C12H13F3O/c1-3-7(4-2)12(16)8-5-6-9(13)11(15)10(8)14/h5-7H,3-4H2,1-2H3. The summed E-state index contributed by atoms with van der Waals surface area (Å²) < 4.78 is 38.9. The van der Waals surface area contributed by atoms with Gasteiger partial charge in [0.15, 0.2) is 23.2 Å². The average molecular weight is 230 g/mol. The molecule has 16 heavy (non-hydrogen) atoms. The first kappa shape index (κ1) is 12.7. The average Bonchev–Trinajstić information content (AvgIpc) is 2.27. The van der Waals surface area contributed by atoms with E-state index in [9.17, 15) is 18.0 Å². The predicted molar refractivity (Wildman–Crippen MR) is 54.7 cm³/mol. The third-order valence-corrected chi connectivity index (χ3v) is 2.66. The van der Waals surface area contributed by atoms with Gasteiger partial charge in [-0.3, -0.25) is 4.79 Å². The van der Waals surface area contributed by atoms with Gasteiger partial charge in [0.05, 0.1) is 5.56 Å². The van der Waals surface area contributed by atoms with E-state index in [0.717, 1.165) is 12.1 Å². The van der Waals surface area contributed by atoms with Gasteiger partial charge in [0.25, 0.3) is 0 Å². The maximum Gasteiger partial charge on any atom is 0.195 e. The van der Waals surface area contributed by atoms with Gasteiger partial charge < -0.3 is 0 Å². The van der Waals surface area contributed by atoms with Gasteiger partial charge in [-0.25, -0.2) is 13.2 Å². The van der Waals surface area contributed by atoms with Crippen molar-refractivity contribution in [2.75, 3.05) is 0 Å². The molecule has 0 fully saturated rings. The summed E-state index contributed by atoms with van der Waals surface area (Å²) in [6.45, 7) is 3.59. The number of Topliss-reactive ketones (excluding diaryl/α,β-unsaturated/α-hetero) is 1. The maximum absolute atomic E-state index is 13.3. The van der Waals surface area contributed by atoms with Crippen LogP contribution in [0.3, 0.4) is 0 Å². The zero-order valence-corrected chi connectivity index (χ0v) is 9.19. The van der Waals surface area contributed by atoms with Crippen LogP contribution in [0, 0.1) is 23.4 Å². The van der Waals surface area contributed by atoms with Gasteiger partial charge in [0.1, 0.15) is 0 Å². The molecule has 0 aliphatic heterocycles. The van der Waals surface area contributed by atoms with Gasteiger partial charge in [-0.1, -0.05) is 13.8 Å². The Labute approximate surface area is 92.3 Å². The van der Waals surface area contributed by atoms with Crippen LogP contribution in [-0.4, -0.2) is 5.78 Å². The molecule has 0 aliphatic carbocycles. The molecule has 0 saturated heterocycles. The van der Waals surface area contributed by atoms with E-state index in [1.54, 1.807) is 13.8 Å². The Hall–Kier alpha value is -1.32. The molecule has 1 nitrogen and oxygen atoms in total.